The maximum Gasteiger partial charge on any atom is 0.182 e. The van der Waals surface area contributed by atoms with Crippen molar-refractivity contribution >= 4 is 25.3 Å². The lowest BCUT2D eigenvalue weighted by atomic mass is 10.2. The molecular weight excluding hydrogens is 216 g/mol. The van der Waals surface area contributed by atoms with Crippen LogP contribution in [0, 0.1) is 0 Å². The highest BCUT2D eigenvalue weighted by molar-refractivity contribution is 7.80. The van der Waals surface area contributed by atoms with E-state index in [2.05, 4.69) is 30.6 Å². The van der Waals surface area contributed by atoms with Gasteiger partial charge in [-0.2, -0.15) is 25.3 Å². The number of thiol groups is 2. The zero-order valence-electron chi connectivity index (χ0n) is 7.13. The van der Waals surface area contributed by atoms with Crippen LogP contribution < -0.4 is 16.8 Å². The Morgan fingerprint density at radius 2 is 1.77 bits per heavy atom. The van der Waals surface area contributed by atoms with Gasteiger partial charge in [0.15, 0.2) is 11.6 Å². The fourth-order valence-corrected chi connectivity index (χ4v) is 0.907. The topological polar surface area (TPSA) is 64.1 Å². The van der Waals surface area contributed by atoms with Crippen LogP contribution in [0.25, 0.3) is 0 Å². The lowest BCUT2D eigenvalue weighted by molar-refractivity contribution is 0.110. The number of hydrogen-bond acceptors (Lipinski definition) is 5. The predicted octanol–water partition coefficient (Wildman–Crippen LogP) is -0.315. The van der Waals surface area contributed by atoms with Crippen molar-refractivity contribution in [3.8, 4) is 0 Å². The van der Waals surface area contributed by atoms with E-state index in [9.17, 15) is 8.78 Å². The van der Waals surface area contributed by atoms with Crippen LogP contribution in [0.1, 0.15) is 0 Å². The van der Waals surface area contributed by atoms with Crippen LogP contribution in [0.15, 0.2) is 0 Å². The Bertz CT molecular complexity index is 153. The van der Waals surface area contributed by atoms with Crippen molar-refractivity contribution in [2.45, 2.75) is 11.6 Å². The number of nitrogens with one attached hydrogen (secondary N) is 1. The second-order valence-corrected chi connectivity index (χ2v) is 3.51. The highest BCUT2D eigenvalue weighted by Crippen LogP contribution is 2.10. The SMILES string of the molecule is NC[C@](F)(CS)NC[C@@](N)(F)CS. The average molecular weight is 231 g/mol. The van der Waals surface area contributed by atoms with E-state index in [4.69, 9.17) is 11.5 Å². The van der Waals surface area contributed by atoms with Gasteiger partial charge in [-0.15, -0.1) is 0 Å². The average Bonchev–Trinajstić information content (AvgIpc) is 2.14. The molecule has 0 aromatic heterocycles. The lowest BCUT2D eigenvalue weighted by Gasteiger charge is -2.27. The Kier molecular flexibility index (Phi) is 5.53. The molecule has 0 saturated carbocycles. The summed E-state index contributed by atoms with van der Waals surface area (Å²) in [5.41, 5.74) is 10.2. The Hall–Kier alpha value is 0.440. The molecule has 0 aliphatic heterocycles. The van der Waals surface area contributed by atoms with Crippen molar-refractivity contribution in [1.29, 1.82) is 0 Å². The molecule has 0 fully saturated rings. The van der Waals surface area contributed by atoms with Crippen molar-refractivity contribution in [2.75, 3.05) is 24.6 Å². The van der Waals surface area contributed by atoms with Crippen molar-refractivity contribution in [3.63, 3.8) is 0 Å². The number of rotatable bonds is 6. The number of hydrogen-bond donors (Lipinski definition) is 5. The Labute approximate surface area is 87.4 Å². The summed E-state index contributed by atoms with van der Waals surface area (Å²) in [6.45, 7) is -0.621. The van der Waals surface area contributed by atoms with E-state index in [1.54, 1.807) is 0 Å². The molecule has 0 heterocycles. The molecule has 0 bridgehead atoms. The highest BCUT2D eigenvalue weighted by Gasteiger charge is 2.30. The fourth-order valence-electron chi connectivity index (χ4n) is 0.554. The largest absolute Gasteiger partial charge is 0.326 e. The first-order chi connectivity index (χ1) is 5.89. The Morgan fingerprint density at radius 3 is 2.08 bits per heavy atom. The molecule has 3 nitrogen and oxygen atoms in total. The molecule has 0 spiro atoms. The van der Waals surface area contributed by atoms with Crippen molar-refractivity contribution in [2.24, 2.45) is 11.5 Å². The van der Waals surface area contributed by atoms with Gasteiger partial charge in [0, 0.05) is 24.6 Å². The molecule has 0 aromatic rings. The smallest absolute Gasteiger partial charge is 0.182 e. The second-order valence-electron chi connectivity index (χ2n) is 2.87. The molecule has 0 rings (SSSR count). The molecule has 13 heavy (non-hydrogen) atoms. The first kappa shape index (κ1) is 13.4. The van der Waals surface area contributed by atoms with Crippen LogP contribution in [0.3, 0.4) is 0 Å². The zero-order valence-corrected chi connectivity index (χ0v) is 8.92. The maximum atomic E-state index is 13.4. The van der Waals surface area contributed by atoms with Gasteiger partial charge in [0.25, 0.3) is 0 Å². The molecule has 0 aliphatic rings. The van der Waals surface area contributed by atoms with Gasteiger partial charge in [-0.05, 0) is 0 Å². The van der Waals surface area contributed by atoms with Crippen molar-refractivity contribution in [3.05, 3.63) is 0 Å². The van der Waals surface area contributed by atoms with Gasteiger partial charge >= 0.3 is 0 Å². The third kappa shape index (κ3) is 5.02. The number of alkyl halides is 2. The summed E-state index contributed by atoms with van der Waals surface area (Å²) in [6, 6.07) is 0. The van der Waals surface area contributed by atoms with Crippen LogP contribution in [0.4, 0.5) is 8.78 Å². The normalized spacial score (nSPS) is 20.8. The minimum atomic E-state index is -2.03. The molecular formula is C6H15F2N3S2. The fraction of sp³-hybridized carbons (Fsp3) is 1.00. The highest BCUT2D eigenvalue weighted by atomic mass is 32.1. The summed E-state index contributed by atoms with van der Waals surface area (Å²) >= 11 is 7.42. The van der Waals surface area contributed by atoms with Gasteiger partial charge < -0.3 is 5.73 Å². The Balaban J connectivity index is 3.99. The van der Waals surface area contributed by atoms with Gasteiger partial charge in [0.05, 0.1) is 0 Å². The molecule has 5 N–H and O–H groups in total. The molecule has 0 aromatic carbocycles. The summed E-state index contributed by atoms with van der Waals surface area (Å²) in [5, 5.41) is 2.27. The first-order valence-corrected chi connectivity index (χ1v) is 4.99. The molecule has 0 aliphatic carbocycles. The van der Waals surface area contributed by atoms with E-state index in [1.807, 2.05) is 0 Å². The summed E-state index contributed by atoms with van der Waals surface area (Å²) in [4.78, 5) is 0. The van der Waals surface area contributed by atoms with E-state index in [0.717, 1.165) is 0 Å². The molecule has 2 atom stereocenters. The zero-order chi connectivity index (χ0) is 10.5. The quantitative estimate of drug-likeness (QED) is 0.322. The Morgan fingerprint density at radius 1 is 1.23 bits per heavy atom. The monoisotopic (exact) mass is 231 g/mol. The second kappa shape index (κ2) is 5.35. The maximum absolute atomic E-state index is 13.4. The van der Waals surface area contributed by atoms with Crippen molar-refractivity contribution < 1.29 is 8.78 Å². The molecule has 0 saturated heterocycles. The van der Waals surface area contributed by atoms with E-state index in [-0.39, 0.29) is 24.6 Å². The predicted molar refractivity (Wildman–Crippen MR) is 56.6 cm³/mol. The summed E-state index contributed by atoms with van der Waals surface area (Å²) < 4.78 is 26.4. The van der Waals surface area contributed by atoms with Crippen LogP contribution in [-0.2, 0) is 0 Å². The van der Waals surface area contributed by atoms with Gasteiger partial charge in [-0.3, -0.25) is 11.1 Å². The minimum absolute atomic E-state index is 0.133. The first-order valence-electron chi connectivity index (χ1n) is 3.73. The number of halogens is 2. The standard InChI is InChI=1S/C6H15F2N3S2/c7-5(10,3-12)2-11-6(8,1-9)4-13/h11-13H,1-4,9-10H2/t5-,6+/m0/s1. The third-order valence-corrected chi connectivity index (χ3v) is 2.56. The third-order valence-electron chi connectivity index (χ3n) is 1.54. The molecule has 0 unspecified atom stereocenters. The van der Waals surface area contributed by atoms with Crippen molar-refractivity contribution in [1.82, 2.24) is 5.32 Å². The molecule has 7 heteroatoms. The van der Waals surface area contributed by atoms with Gasteiger partial charge in [-0.1, -0.05) is 0 Å². The lowest BCUT2D eigenvalue weighted by Crippen LogP contribution is -2.56. The van der Waals surface area contributed by atoms with E-state index >= 15 is 0 Å². The summed E-state index contributed by atoms with van der Waals surface area (Å²) in [7, 11) is 0. The van der Waals surface area contributed by atoms with E-state index in [1.165, 1.54) is 0 Å². The van der Waals surface area contributed by atoms with Gasteiger partial charge in [-0.25, -0.2) is 8.78 Å². The summed E-state index contributed by atoms with van der Waals surface area (Å²) in [5.74, 6) is -4.22. The minimum Gasteiger partial charge on any atom is -0.326 e. The van der Waals surface area contributed by atoms with Crippen LogP contribution >= 0.6 is 25.3 Å². The van der Waals surface area contributed by atoms with Crippen LogP contribution in [0.5, 0.6) is 0 Å². The van der Waals surface area contributed by atoms with E-state index < -0.39 is 11.6 Å². The van der Waals surface area contributed by atoms with Crippen LogP contribution in [-0.4, -0.2) is 36.2 Å². The van der Waals surface area contributed by atoms with E-state index in [0.29, 0.717) is 0 Å². The summed E-state index contributed by atoms with van der Waals surface area (Å²) in [6.07, 6.45) is 0. The van der Waals surface area contributed by atoms with Gasteiger partial charge in [0.1, 0.15) is 0 Å². The molecule has 0 amide bonds. The number of nitrogens with two attached hydrogens (primary N) is 2. The van der Waals surface area contributed by atoms with Gasteiger partial charge in [0.2, 0.25) is 0 Å². The van der Waals surface area contributed by atoms with Crippen LogP contribution in [0.2, 0.25) is 0 Å². The molecule has 80 valence electrons. The molecule has 0 radical (unpaired) electrons.